The highest BCUT2D eigenvalue weighted by molar-refractivity contribution is 5.11. The van der Waals surface area contributed by atoms with Crippen LogP contribution in [0.25, 0.3) is 0 Å². The van der Waals surface area contributed by atoms with E-state index in [0.29, 0.717) is 30.5 Å². The molecule has 1 saturated carbocycles. The molecule has 2 atom stereocenters. The van der Waals surface area contributed by atoms with Gasteiger partial charge < -0.3 is 10.1 Å². The number of ether oxygens (including phenoxy) is 1. The van der Waals surface area contributed by atoms with Gasteiger partial charge >= 0.3 is 0 Å². The predicted molar refractivity (Wildman–Crippen MR) is 62.3 cm³/mol. The zero-order valence-electron chi connectivity index (χ0n) is 9.90. The molecule has 4 rings (SSSR count). The summed E-state index contributed by atoms with van der Waals surface area (Å²) in [7, 11) is 0. The minimum absolute atomic E-state index is 0.331. The van der Waals surface area contributed by atoms with Gasteiger partial charge in [0, 0.05) is 18.2 Å². The quantitative estimate of drug-likeness (QED) is 0.871. The predicted octanol–water partition coefficient (Wildman–Crippen LogP) is 1.99. The lowest BCUT2D eigenvalue weighted by Gasteiger charge is -2.50. The molecule has 1 aliphatic carbocycles. The highest BCUT2D eigenvalue weighted by Crippen LogP contribution is 2.40. The van der Waals surface area contributed by atoms with E-state index in [4.69, 9.17) is 4.74 Å². The Balaban J connectivity index is 1.55. The summed E-state index contributed by atoms with van der Waals surface area (Å²) < 4.78 is 18.3. The SMILES string of the molecule is C[C@@H]1C2CC(C2)NC1COc1ccc(F)cn1. The van der Waals surface area contributed by atoms with Crippen LogP contribution in [0.15, 0.2) is 18.3 Å². The Labute approximate surface area is 100 Å². The summed E-state index contributed by atoms with van der Waals surface area (Å²) in [4.78, 5) is 3.89. The summed E-state index contributed by atoms with van der Waals surface area (Å²) in [6.07, 6.45) is 3.81. The molecule has 3 aliphatic rings. The van der Waals surface area contributed by atoms with Gasteiger partial charge in [0.15, 0.2) is 0 Å². The van der Waals surface area contributed by atoms with E-state index in [9.17, 15) is 4.39 Å². The number of aromatic nitrogens is 1. The van der Waals surface area contributed by atoms with Crippen LogP contribution < -0.4 is 10.1 Å². The first kappa shape index (κ1) is 11.0. The van der Waals surface area contributed by atoms with Crippen LogP contribution in [0.2, 0.25) is 0 Å². The minimum Gasteiger partial charge on any atom is -0.476 e. The molecule has 0 aromatic carbocycles. The molecule has 3 fully saturated rings. The van der Waals surface area contributed by atoms with Gasteiger partial charge in [-0.25, -0.2) is 9.37 Å². The topological polar surface area (TPSA) is 34.1 Å². The van der Waals surface area contributed by atoms with E-state index >= 15 is 0 Å². The van der Waals surface area contributed by atoms with Crippen LogP contribution >= 0.6 is 0 Å². The molecule has 4 heteroatoms. The smallest absolute Gasteiger partial charge is 0.213 e. The van der Waals surface area contributed by atoms with E-state index < -0.39 is 0 Å². The Bertz CT molecular complexity index is 389. The minimum atomic E-state index is -0.331. The maximum Gasteiger partial charge on any atom is 0.213 e. The van der Waals surface area contributed by atoms with Crippen LogP contribution in [0.3, 0.4) is 0 Å². The normalized spacial score (nSPS) is 35.2. The largest absolute Gasteiger partial charge is 0.476 e. The van der Waals surface area contributed by atoms with Crippen LogP contribution in [-0.2, 0) is 0 Å². The molecule has 2 bridgehead atoms. The first-order valence-corrected chi connectivity index (χ1v) is 6.23. The highest BCUT2D eigenvalue weighted by atomic mass is 19.1. The maximum absolute atomic E-state index is 12.7. The van der Waals surface area contributed by atoms with Crippen molar-refractivity contribution in [2.45, 2.75) is 31.8 Å². The number of piperidine rings is 2. The second-order valence-electron chi connectivity index (χ2n) is 5.19. The lowest BCUT2D eigenvalue weighted by Crippen LogP contribution is -2.60. The molecule has 17 heavy (non-hydrogen) atoms. The number of rotatable bonds is 3. The molecule has 2 saturated heterocycles. The molecule has 1 aromatic heterocycles. The van der Waals surface area contributed by atoms with Gasteiger partial charge in [0.2, 0.25) is 5.88 Å². The van der Waals surface area contributed by atoms with Crippen LogP contribution in [0, 0.1) is 17.7 Å². The molecule has 0 radical (unpaired) electrons. The molecule has 92 valence electrons. The van der Waals surface area contributed by atoms with Crippen molar-refractivity contribution in [3.8, 4) is 5.88 Å². The third-order valence-electron chi connectivity index (χ3n) is 4.11. The van der Waals surface area contributed by atoms with Crippen molar-refractivity contribution in [1.82, 2.24) is 10.3 Å². The molecule has 3 nitrogen and oxygen atoms in total. The highest BCUT2D eigenvalue weighted by Gasteiger charge is 2.43. The molecule has 1 unspecified atom stereocenters. The summed E-state index contributed by atoms with van der Waals surface area (Å²) in [5.74, 6) is 1.68. The first-order valence-electron chi connectivity index (χ1n) is 6.23. The van der Waals surface area contributed by atoms with E-state index in [-0.39, 0.29) is 5.82 Å². The van der Waals surface area contributed by atoms with E-state index in [1.54, 1.807) is 6.07 Å². The van der Waals surface area contributed by atoms with Crippen molar-refractivity contribution in [3.63, 3.8) is 0 Å². The summed E-state index contributed by atoms with van der Waals surface area (Å²) >= 11 is 0. The van der Waals surface area contributed by atoms with Crippen molar-refractivity contribution in [1.29, 1.82) is 0 Å². The molecule has 0 spiro atoms. The zero-order valence-corrected chi connectivity index (χ0v) is 9.90. The van der Waals surface area contributed by atoms with Gasteiger partial charge in [-0.05, 0) is 30.7 Å². The Hall–Kier alpha value is -1.16. The van der Waals surface area contributed by atoms with Gasteiger partial charge in [-0.15, -0.1) is 0 Å². The van der Waals surface area contributed by atoms with Crippen molar-refractivity contribution in [2.24, 2.45) is 11.8 Å². The van der Waals surface area contributed by atoms with Gasteiger partial charge in [0.05, 0.1) is 6.20 Å². The third-order valence-corrected chi connectivity index (χ3v) is 4.11. The van der Waals surface area contributed by atoms with Crippen molar-refractivity contribution >= 4 is 0 Å². The van der Waals surface area contributed by atoms with Crippen molar-refractivity contribution < 1.29 is 9.13 Å². The number of hydrogen-bond acceptors (Lipinski definition) is 3. The van der Waals surface area contributed by atoms with E-state index in [1.807, 2.05) is 0 Å². The Morgan fingerprint density at radius 2 is 2.29 bits per heavy atom. The molecule has 1 N–H and O–H groups in total. The van der Waals surface area contributed by atoms with Crippen LogP contribution in [-0.4, -0.2) is 23.7 Å². The second-order valence-corrected chi connectivity index (χ2v) is 5.19. The van der Waals surface area contributed by atoms with Crippen LogP contribution in [0.4, 0.5) is 4.39 Å². The summed E-state index contributed by atoms with van der Waals surface area (Å²) in [6, 6.07) is 4.03. The molecule has 3 heterocycles. The van der Waals surface area contributed by atoms with Crippen LogP contribution in [0.1, 0.15) is 19.8 Å². The summed E-state index contributed by atoms with van der Waals surface area (Å²) in [5, 5.41) is 3.59. The number of pyridine rings is 1. The first-order chi connectivity index (χ1) is 8.22. The molecule has 2 aliphatic heterocycles. The second kappa shape index (κ2) is 4.26. The number of nitrogens with one attached hydrogen (secondary N) is 1. The fourth-order valence-electron chi connectivity index (χ4n) is 2.83. The Kier molecular flexibility index (Phi) is 2.74. The maximum atomic E-state index is 12.7. The van der Waals surface area contributed by atoms with Gasteiger partial charge in [0.25, 0.3) is 0 Å². The van der Waals surface area contributed by atoms with Crippen molar-refractivity contribution in [2.75, 3.05) is 6.61 Å². The van der Waals surface area contributed by atoms with Gasteiger partial charge in [-0.1, -0.05) is 6.92 Å². The van der Waals surface area contributed by atoms with E-state index in [1.165, 1.54) is 25.1 Å². The number of halogens is 1. The lowest BCUT2D eigenvalue weighted by atomic mass is 9.66. The Morgan fingerprint density at radius 1 is 1.47 bits per heavy atom. The fraction of sp³-hybridized carbons (Fsp3) is 0.615. The monoisotopic (exact) mass is 236 g/mol. The van der Waals surface area contributed by atoms with Gasteiger partial charge in [-0.2, -0.15) is 0 Å². The average Bonchev–Trinajstić information content (AvgIpc) is 2.28. The number of hydrogen-bond donors (Lipinski definition) is 1. The number of nitrogens with zero attached hydrogens (tertiary/aromatic N) is 1. The number of fused-ring (bicyclic) bond motifs is 2. The van der Waals surface area contributed by atoms with Crippen LogP contribution in [0.5, 0.6) is 5.88 Å². The van der Waals surface area contributed by atoms with Crippen molar-refractivity contribution in [3.05, 3.63) is 24.1 Å². The third kappa shape index (κ3) is 2.14. The lowest BCUT2D eigenvalue weighted by molar-refractivity contribution is 0.0326. The summed E-state index contributed by atoms with van der Waals surface area (Å²) in [6.45, 7) is 2.89. The molecule has 0 amide bonds. The molecule has 1 aromatic rings. The Morgan fingerprint density at radius 3 is 2.94 bits per heavy atom. The van der Waals surface area contributed by atoms with Gasteiger partial charge in [0.1, 0.15) is 12.4 Å². The van der Waals surface area contributed by atoms with Gasteiger partial charge in [-0.3, -0.25) is 0 Å². The average molecular weight is 236 g/mol. The standard InChI is InChI=1S/C13H17FN2O/c1-8-9-4-11(5-9)16-12(8)7-17-13-3-2-10(14)6-15-13/h2-3,6,8-9,11-12,16H,4-5,7H2,1H3/t8-,9?,11?,12?/m1/s1. The summed E-state index contributed by atoms with van der Waals surface area (Å²) in [5.41, 5.74) is 0. The van der Waals surface area contributed by atoms with E-state index in [0.717, 1.165) is 5.92 Å². The fourth-order valence-corrected chi connectivity index (χ4v) is 2.83. The van der Waals surface area contributed by atoms with E-state index in [2.05, 4.69) is 17.2 Å². The molecular weight excluding hydrogens is 219 g/mol. The molecular formula is C13H17FN2O. The zero-order chi connectivity index (χ0) is 11.8.